The van der Waals surface area contributed by atoms with Gasteiger partial charge in [0, 0.05) is 49.6 Å². The van der Waals surface area contributed by atoms with Crippen molar-refractivity contribution >= 4 is 23.3 Å². The number of hydrogen-bond acceptors (Lipinski definition) is 4. The molecule has 0 aliphatic carbocycles. The molecule has 1 aliphatic rings. The summed E-state index contributed by atoms with van der Waals surface area (Å²) in [4.78, 5) is 10.8. The summed E-state index contributed by atoms with van der Waals surface area (Å²) in [5.41, 5.74) is 4.24. The number of aryl methyl sites for hydroxylation is 1. The molecule has 6 heteroatoms. The highest BCUT2D eigenvalue weighted by Gasteiger charge is 2.17. The standard InChI is InChI=1S/C23H23N5O/c1-24-20-14-18(17-3-5-21-19(13-17)7-9-26(21)2)4-6-22(20)29-16-27-11-12-28-10-8-25-23(28)15-27/h3-10,13-14H,1,11-12,15-16H2,2H3. The third-order valence-corrected chi connectivity index (χ3v) is 5.57. The highest BCUT2D eigenvalue weighted by Crippen LogP contribution is 2.34. The van der Waals surface area contributed by atoms with Gasteiger partial charge in [-0.25, -0.2) is 4.98 Å². The van der Waals surface area contributed by atoms with E-state index in [1.54, 1.807) is 0 Å². The van der Waals surface area contributed by atoms with Crippen LogP contribution in [0.5, 0.6) is 5.75 Å². The Morgan fingerprint density at radius 1 is 1.07 bits per heavy atom. The molecule has 4 aromatic rings. The lowest BCUT2D eigenvalue weighted by atomic mass is 10.0. The fourth-order valence-electron chi connectivity index (χ4n) is 3.90. The quantitative estimate of drug-likeness (QED) is 0.483. The van der Waals surface area contributed by atoms with Gasteiger partial charge in [-0.2, -0.15) is 0 Å². The first-order valence-electron chi connectivity index (χ1n) is 9.73. The minimum Gasteiger partial charge on any atom is -0.476 e. The first-order chi connectivity index (χ1) is 14.2. The normalized spacial score (nSPS) is 14.1. The Hall–Kier alpha value is -3.38. The van der Waals surface area contributed by atoms with Crippen molar-refractivity contribution in [3.05, 3.63) is 66.9 Å². The predicted molar refractivity (Wildman–Crippen MR) is 116 cm³/mol. The predicted octanol–water partition coefficient (Wildman–Crippen LogP) is 4.23. The summed E-state index contributed by atoms with van der Waals surface area (Å²) in [5.74, 6) is 1.83. The zero-order chi connectivity index (χ0) is 19.8. The van der Waals surface area contributed by atoms with E-state index in [-0.39, 0.29) is 0 Å². The van der Waals surface area contributed by atoms with Crippen LogP contribution in [0.1, 0.15) is 5.82 Å². The van der Waals surface area contributed by atoms with Crippen molar-refractivity contribution in [1.82, 2.24) is 19.0 Å². The fraction of sp³-hybridized carbons (Fsp3) is 0.217. The molecule has 2 aromatic carbocycles. The number of benzene rings is 2. The molecule has 6 nitrogen and oxygen atoms in total. The van der Waals surface area contributed by atoms with Gasteiger partial charge in [0.05, 0.1) is 6.54 Å². The van der Waals surface area contributed by atoms with E-state index < -0.39 is 0 Å². The van der Waals surface area contributed by atoms with Crippen molar-refractivity contribution in [2.24, 2.45) is 12.0 Å². The third kappa shape index (κ3) is 3.32. The molecule has 29 heavy (non-hydrogen) atoms. The number of aliphatic imine (C=N–C) groups is 1. The molecule has 0 saturated heterocycles. The maximum Gasteiger partial charge on any atom is 0.146 e. The maximum absolute atomic E-state index is 6.08. The summed E-state index contributed by atoms with van der Waals surface area (Å²) in [7, 11) is 2.06. The summed E-state index contributed by atoms with van der Waals surface area (Å²) < 4.78 is 10.4. The van der Waals surface area contributed by atoms with Crippen LogP contribution in [0.4, 0.5) is 5.69 Å². The van der Waals surface area contributed by atoms with Gasteiger partial charge in [0.25, 0.3) is 0 Å². The number of aromatic nitrogens is 3. The Kier molecular flexibility index (Phi) is 4.41. The number of hydrogen-bond donors (Lipinski definition) is 0. The lowest BCUT2D eigenvalue weighted by Gasteiger charge is -2.27. The molecule has 0 unspecified atom stereocenters. The molecule has 0 amide bonds. The minimum absolute atomic E-state index is 0.505. The van der Waals surface area contributed by atoms with Gasteiger partial charge in [-0.3, -0.25) is 9.89 Å². The van der Waals surface area contributed by atoms with Crippen molar-refractivity contribution in [2.45, 2.75) is 13.1 Å². The van der Waals surface area contributed by atoms with E-state index in [2.05, 4.69) is 74.3 Å². The largest absolute Gasteiger partial charge is 0.476 e. The second-order valence-electron chi connectivity index (χ2n) is 7.40. The summed E-state index contributed by atoms with van der Waals surface area (Å²) in [6, 6.07) is 14.7. The molecular weight excluding hydrogens is 362 g/mol. The van der Waals surface area contributed by atoms with Gasteiger partial charge in [-0.05, 0) is 48.2 Å². The minimum atomic E-state index is 0.505. The molecule has 5 rings (SSSR count). The van der Waals surface area contributed by atoms with Crippen LogP contribution in [-0.4, -0.2) is 39.0 Å². The van der Waals surface area contributed by atoms with E-state index in [1.165, 1.54) is 10.9 Å². The second kappa shape index (κ2) is 7.22. The van der Waals surface area contributed by atoms with Gasteiger partial charge in [-0.1, -0.05) is 12.1 Å². The summed E-state index contributed by atoms with van der Waals surface area (Å²) in [6.07, 6.45) is 5.96. The zero-order valence-electron chi connectivity index (χ0n) is 16.5. The van der Waals surface area contributed by atoms with Gasteiger partial charge < -0.3 is 13.9 Å². The van der Waals surface area contributed by atoms with E-state index in [4.69, 9.17) is 4.74 Å². The monoisotopic (exact) mass is 385 g/mol. The Balaban J connectivity index is 1.34. The number of nitrogens with zero attached hydrogens (tertiary/aromatic N) is 5. The molecule has 0 N–H and O–H groups in total. The van der Waals surface area contributed by atoms with Crippen LogP contribution >= 0.6 is 0 Å². The fourth-order valence-corrected chi connectivity index (χ4v) is 3.90. The van der Waals surface area contributed by atoms with Crippen LogP contribution in [0, 0.1) is 0 Å². The van der Waals surface area contributed by atoms with E-state index in [0.717, 1.165) is 48.0 Å². The van der Waals surface area contributed by atoms with Gasteiger partial charge in [0.2, 0.25) is 0 Å². The van der Waals surface area contributed by atoms with Gasteiger partial charge in [0.15, 0.2) is 0 Å². The number of imidazole rings is 1. The van der Waals surface area contributed by atoms with E-state index in [1.807, 2.05) is 24.5 Å². The van der Waals surface area contributed by atoms with Crippen molar-refractivity contribution in [3.63, 3.8) is 0 Å². The Morgan fingerprint density at radius 3 is 2.83 bits per heavy atom. The van der Waals surface area contributed by atoms with Crippen LogP contribution < -0.4 is 4.74 Å². The van der Waals surface area contributed by atoms with Crippen LogP contribution in [0.2, 0.25) is 0 Å². The molecule has 0 atom stereocenters. The van der Waals surface area contributed by atoms with Crippen molar-refractivity contribution in [2.75, 3.05) is 13.3 Å². The average Bonchev–Trinajstić information content (AvgIpc) is 3.38. The molecule has 0 saturated carbocycles. The van der Waals surface area contributed by atoms with Gasteiger partial charge in [0.1, 0.15) is 24.0 Å². The van der Waals surface area contributed by atoms with Crippen molar-refractivity contribution < 1.29 is 4.74 Å². The van der Waals surface area contributed by atoms with Crippen LogP contribution in [0.3, 0.4) is 0 Å². The molecule has 2 aromatic heterocycles. The van der Waals surface area contributed by atoms with Crippen LogP contribution in [0.15, 0.2) is 66.0 Å². The SMILES string of the molecule is C=Nc1cc(-c2ccc3c(ccn3C)c2)ccc1OCN1CCn2ccnc2C1. The highest BCUT2D eigenvalue weighted by atomic mass is 16.5. The highest BCUT2D eigenvalue weighted by molar-refractivity contribution is 5.86. The molecule has 0 spiro atoms. The van der Waals surface area contributed by atoms with E-state index >= 15 is 0 Å². The lowest BCUT2D eigenvalue weighted by molar-refractivity contribution is 0.0987. The Labute approximate surface area is 169 Å². The van der Waals surface area contributed by atoms with Gasteiger partial charge >= 0.3 is 0 Å². The van der Waals surface area contributed by atoms with E-state index in [9.17, 15) is 0 Å². The second-order valence-corrected chi connectivity index (χ2v) is 7.40. The number of ether oxygens (including phenoxy) is 1. The van der Waals surface area contributed by atoms with Gasteiger partial charge in [-0.15, -0.1) is 0 Å². The smallest absolute Gasteiger partial charge is 0.146 e. The maximum atomic E-state index is 6.08. The molecule has 0 bridgehead atoms. The van der Waals surface area contributed by atoms with Crippen molar-refractivity contribution in [1.29, 1.82) is 0 Å². The van der Waals surface area contributed by atoms with E-state index in [0.29, 0.717) is 6.73 Å². The third-order valence-electron chi connectivity index (χ3n) is 5.57. The van der Waals surface area contributed by atoms with Crippen LogP contribution in [0.25, 0.3) is 22.0 Å². The molecule has 1 aliphatic heterocycles. The molecule has 146 valence electrons. The van der Waals surface area contributed by atoms with Crippen molar-refractivity contribution in [3.8, 4) is 16.9 Å². The topological polar surface area (TPSA) is 47.6 Å². The summed E-state index contributed by atoms with van der Waals surface area (Å²) in [6.45, 7) is 6.91. The summed E-state index contributed by atoms with van der Waals surface area (Å²) in [5, 5.41) is 1.22. The molecular formula is C23H23N5O. The zero-order valence-corrected chi connectivity index (χ0v) is 16.5. The Bertz CT molecular complexity index is 1190. The molecule has 0 fully saturated rings. The molecule has 0 radical (unpaired) electrons. The van der Waals surface area contributed by atoms with Crippen LogP contribution in [-0.2, 0) is 20.1 Å². The first kappa shape index (κ1) is 17.7. The Morgan fingerprint density at radius 2 is 1.93 bits per heavy atom. The molecule has 3 heterocycles. The number of rotatable bonds is 5. The number of fused-ring (bicyclic) bond motifs is 2. The first-order valence-corrected chi connectivity index (χ1v) is 9.73. The lowest BCUT2D eigenvalue weighted by Crippen LogP contribution is -2.36. The average molecular weight is 385 g/mol. The summed E-state index contributed by atoms with van der Waals surface area (Å²) >= 11 is 0.